The number of methoxy groups -OCH3 is 1. The number of halogens is 1. The van der Waals surface area contributed by atoms with E-state index in [1.165, 1.54) is 5.56 Å². The van der Waals surface area contributed by atoms with Gasteiger partial charge in [0.1, 0.15) is 0 Å². The summed E-state index contributed by atoms with van der Waals surface area (Å²) in [6.45, 7) is 4.77. The number of ether oxygens (including phenoxy) is 2. The molecule has 14 heavy (non-hydrogen) atoms. The van der Waals surface area contributed by atoms with Crippen LogP contribution in [-0.4, -0.2) is 13.7 Å². The first kappa shape index (κ1) is 11.6. The Morgan fingerprint density at radius 1 is 1.29 bits per heavy atom. The van der Waals surface area contributed by atoms with Gasteiger partial charge >= 0.3 is 0 Å². The molecule has 2 nitrogen and oxygen atoms in total. The lowest BCUT2D eigenvalue weighted by Crippen LogP contribution is -1.98. The summed E-state index contributed by atoms with van der Waals surface area (Å²) in [7, 11) is 1.67. The molecule has 3 heteroatoms. The van der Waals surface area contributed by atoms with Gasteiger partial charge in [-0.25, -0.2) is 0 Å². The molecular formula is C11H15IO2. The van der Waals surface area contributed by atoms with Crippen LogP contribution < -0.4 is 9.47 Å². The summed E-state index contributed by atoms with van der Waals surface area (Å²) in [5.41, 5.74) is 1.27. The molecule has 0 aromatic heterocycles. The average Bonchev–Trinajstić information content (AvgIpc) is 2.20. The van der Waals surface area contributed by atoms with Gasteiger partial charge < -0.3 is 9.47 Å². The lowest BCUT2D eigenvalue weighted by molar-refractivity contribution is 0.308. The van der Waals surface area contributed by atoms with Crippen molar-refractivity contribution in [1.82, 2.24) is 0 Å². The third-order valence-corrected chi connectivity index (χ3v) is 2.79. The first-order valence-corrected chi connectivity index (χ1v) is 5.80. The molecule has 0 saturated heterocycles. The van der Waals surface area contributed by atoms with E-state index in [0.29, 0.717) is 6.61 Å². The summed E-state index contributed by atoms with van der Waals surface area (Å²) in [6.07, 6.45) is 1.01. The van der Waals surface area contributed by atoms with Gasteiger partial charge in [0.25, 0.3) is 0 Å². The second-order valence-electron chi connectivity index (χ2n) is 2.90. The van der Waals surface area contributed by atoms with Crippen molar-refractivity contribution in [2.24, 2.45) is 0 Å². The van der Waals surface area contributed by atoms with E-state index < -0.39 is 0 Å². The lowest BCUT2D eigenvalue weighted by Gasteiger charge is -2.12. The van der Waals surface area contributed by atoms with Crippen LogP contribution in [0.5, 0.6) is 11.5 Å². The van der Waals surface area contributed by atoms with Crippen molar-refractivity contribution in [2.75, 3.05) is 13.7 Å². The summed E-state index contributed by atoms with van der Waals surface area (Å²) in [5, 5.41) is 0. The van der Waals surface area contributed by atoms with Crippen molar-refractivity contribution in [1.29, 1.82) is 0 Å². The van der Waals surface area contributed by atoms with Crippen molar-refractivity contribution >= 4 is 22.6 Å². The maximum Gasteiger partial charge on any atom is 0.174 e. The summed E-state index contributed by atoms with van der Waals surface area (Å²) >= 11 is 2.28. The van der Waals surface area contributed by atoms with Gasteiger partial charge in [-0.1, -0.05) is 6.92 Å². The minimum atomic E-state index is 0.665. The molecule has 0 amide bonds. The van der Waals surface area contributed by atoms with Crippen molar-refractivity contribution in [3.63, 3.8) is 0 Å². The van der Waals surface area contributed by atoms with Crippen LogP contribution >= 0.6 is 22.6 Å². The number of hydrogen-bond donors (Lipinski definition) is 0. The van der Waals surface area contributed by atoms with E-state index >= 15 is 0 Å². The molecule has 0 aliphatic rings. The van der Waals surface area contributed by atoms with E-state index in [9.17, 15) is 0 Å². The van der Waals surface area contributed by atoms with Crippen LogP contribution in [0.1, 0.15) is 19.4 Å². The lowest BCUT2D eigenvalue weighted by atomic mass is 10.1. The molecule has 0 radical (unpaired) electrons. The Bertz CT molecular complexity index is 310. The third kappa shape index (κ3) is 2.53. The molecule has 0 aliphatic heterocycles. The largest absolute Gasteiger partial charge is 0.493 e. The maximum absolute atomic E-state index is 5.53. The Labute approximate surface area is 98.7 Å². The Balaban J connectivity index is 3.13. The van der Waals surface area contributed by atoms with Crippen LogP contribution in [-0.2, 0) is 6.42 Å². The predicted molar refractivity (Wildman–Crippen MR) is 66.3 cm³/mol. The van der Waals surface area contributed by atoms with Crippen molar-refractivity contribution < 1.29 is 9.47 Å². The minimum Gasteiger partial charge on any atom is -0.493 e. The summed E-state index contributed by atoms with van der Waals surface area (Å²) in [5.74, 6) is 1.68. The zero-order valence-corrected chi connectivity index (χ0v) is 10.9. The van der Waals surface area contributed by atoms with Gasteiger partial charge in [-0.15, -0.1) is 0 Å². The average molecular weight is 306 g/mol. The fourth-order valence-corrected chi connectivity index (χ4v) is 2.08. The minimum absolute atomic E-state index is 0.665. The number of hydrogen-bond acceptors (Lipinski definition) is 2. The molecule has 0 unspecified atom stereocenters. The highest BCUT2D eigenvalue weighted by Crippen LogP contribution is 2.33. The van der Waals surface area contributed by atoms with Gasteiger partial charge in [-0.2, -0.15) is 0 Å². The van der Waals surface area contributed by atoms with Crippen LogP contribution in [0.15, 0.2) is 12.1 Å². The molecule has 0 N–H and O–H groups in total. The topological polar surface area (TPSA) is 18.5 Å². The smallest absolute Gasteiger partial charge is 0.174 e. The fraction of sp³-hybridized carbons (Fsp3) is 0.455. The molecule has 0 heterocycles. The Hall–Kier alpha value is -0.450. The molecule has 1 rings (SSSR count). The van der Waals surface area contributed by atoms with Crippen LogP contribution in [0.2, 0.25) is 0 Å². The molecule has 0 aliphatic carbocycles. The fourth-order valence-electron chi connectivity index (χ4n) is 1.26. The molecular weight excluding hydrogens is 291 g/mol. The van der Waals surface area contributed by atoms with E-state index in [4.69, 9.17) is 9.47 Å². The molecule has 1 aromatic carbocycles. The van der Waals surface area contributed by atoms with Gasteiger partial charge in [-0.05, 0) is 53.6 Å². The highest BCUT2D eigenvalue weighted by Gasteiger charge is 2.09. The Morgan fingerprint density at radius 2 is 2.00 bits per heavy atom. The third-order valence-electron chi connectivity index (χ3n) is 1.99. The zero-order valence-electron chi connectivity index (χ0n) is 8.76. The standard InChI is InChI=1S/C11H15IO2/c1-4-8-6-9(12)11(14-5-2)10(7-8)13-3/h6-7H,4-5H2,1-3H3. The van der Waals surface area contributed by atoms with Gasteiger partial charge in [0, 0.05) is 0 Å². The van der Waals surface area contributed by atoms with Crippen LogP contribution in [0, 0.1) is 3.57 Å². The number of rotatable bonds is 4. The van der Waals surface area contributed by atoms with Crippen LogP contribution in [0.3, 0.4) is 0 Å². The highest BCUT2D eigenvalue weighted by molar-refractivity contribution is 14.1. The van der Waals surface area contributed by atoms with E-state index in [1.807, 2.05) is 13.0 Å². The second-order valence-corrected chi connectivity index (χ2v) is 4.06. The molecule has 0 atom stereocenters. The van der Waals surface area contributed by atoms with Gasteiger partial charge in [0.15, 0.2) is 11.5 Å². The molecule has 78 valence electrons. The van der Waals surface area contributed by atoms with Crippen molar-refractivity contribution in [2.45, 2.75) is 20.3 Å². The predicted octanol–water partition coefficient (Wildman–Crippen LogP) is 3.26. The summed E-state index contributed by atoms with van der Waals surface area (Å²) in [4.78, 5) is 0. The van der Waals surface area contributed by atoms with Crippen LogP contribution in [0.25, 0.3) is 0 Å². The van der Waals surface area contributed by atoms with Gasteiger partial charge in [-0.3, -0.25) is 0 Å². The number of benzene rings is 1. The Morgan fingerprint density at radius 3 is 2.50 bits per heavy atom. The van der Waals surface area contributed by atoms with Crippen LogP contribution in [0.4, 0.5) is 0 Å². The van der Waals surface area contributed by atoms with Gasteiger partial charge in [0.2, 0.25) is 0 Å². The Kier molecular flexibility index (Phi) is 4.51. The maximum atomic E-state index is 5.53. The first-order chi connectivity index (χ1) is 6.72. The SMILES string of the molecule is CCOc1c(I)cc(CC)cc1OC. The van der Waals surface area contributed by atoms with Gasteiger partial charge in [0.05, 0.1) is 17.3 Å². The molecule has 0 spiro atoms. The quantitative estimate of drug-likeness (QED) is 0.795. The van der Waals surface area contributed by atoms with Crippen molar-refractivity contribution in [3.8, 4) is 11.5 Å². The summed E-state index contributed by atoms with van der Waals surface area (Å²) < 4.78 is 11.9. The van der Waals surface area contributed by atoms with E-state index in [0.717, 1.165) is 21.5 Å². The zero-order chi connectivity index (χ0) is 10.6. The summed E-state index contributed by atoms with van der Waals surface area (Å²) in [6, 6.07) is 4.17. The second kappa shape index (κ2) is 5.44. The molecule has 0 bridgehead atoms. The highest BCUT2D eigenvalue weighted by atomic mass is 127. The molecule has 0 saturated carbocycles. The number of aryl methyl sites for hydroxylation is 1. The van der Waals surface area contributed by atoms with E-state index in [2.05, 4.69) is 35.6 Å². The van der Waals surface area contributed by atoms with E-state index in [1.54, 1.807) is 7.11 Å². The van der Waals surface area contributed by atoms with E-state index in [-0.39, 0.29) is 0 Å². The normalized spacial score (nSPS) is 10.0. The molecule has 0 fully saturated rings. The molecule has 1 aromatic rings. The van der Waals surface area contributed by atoms with Crippen molar-refractivity contribution in [3.05, 3.63) is 21.3 Å². The first-order valence-electron chi connectivity index (χ1n) is 4.72. The monoisotopic (exact) mass is 306 g/mol.